The molecule has 140 valence electrons. The summed E-state index contributed by atoms with van der Waals surface area (Å²) in [5, 5.41) is 3.38. The summed E-state index contributed by atoms with van der Waals surface area (Å²) in [4.78, 5) is 9.89. The molecule has 2 saturated heterocycles. The molecule has 2 aromatic rings. The van der Waals surface area contributed by atoms with Gasteiger partial charge in [-0.3, -0.25) is 9.80 Å². The van der Waals surface area contributed by atoms with Gasteiger partial charge in [0.1, 0.15) is 0 Å². The second kappa shape index (κ2) is 7.77. The van der Waals surface area contributed by atoms with E-state index in [1.54, 1.807) is 18.4 Å². The maximum Gasteiger partial charge on any atom is 0.0897 e. The van der Waals surface area contributed by atoms with E-state index in [1.807, 2.05) is 0 Å². The number of methoxy groups -OCH3 is 1. The molecular weight excluding hydrogens is 342 g/mol. The molecule has 26 heavy (non-hydrogen) atoms. The molecule has 0 radical (unpaired) electrons. The first kappa shape index (κ1) is 18.1. The molecule has 1 aromatic carbocycles. The van der Waals surface area contributed by atoms with Crippen molar-refractivity contribution in [3.8, 4) is 0 Å². The van der Waals surface area contributed by atoms with E-state index in [0.717, 1.165) is 39.3 Å². The maximum atomic E-state index is 5.34. The summed E-state index contributed by atoms with van der Waals surface area (Å²) >= 11 is 1.76. The predicted octanol–water partition coefficient (Wildman–Crippen LogP) is 3.17. The molecular formula is C21H29N3OS. The molecule has 4 rings (SSSR count). The summed E-state index contributed by atoms with van der Waals surface area (Å²) in [6.45, 7) is 9.58. The molecule has 3 heterocycles. The van der Waals surface area contributed by atoms with E-state index in [0.29, 0.717) is 11.3 Å². The molecule has 4 nitrogen and oxygen atoms in total. The molecule has 2 unspecified atom stereocenters. The van der Waals surface area contributed by atoms with Gasteiger partial charge in [0.15, 0.2) is 0 Å². The minimum absolute atomic E-state index is 0.295. The third-order valence-corrected chi connectivity index (χ3v) is 6.95. The number of benzene rings is 1. The highest BCUT2D eigenvalue weighted by molar-refractivity contribution is 7.09. The zero-order valence-electron chi connectivity index (χ0n) is 15.9. The normalized spacial score (nSPS) is 26.9. The summed E-state index contributed by atoms with van der Waals surface area (Å²) in [7, 11) is 1.80. The van der Waals surface area contributed by atoms with Gasteiger partial charge in [-0.15, -0.1) is 11.3 Å². The van der Waals surface area contributed by atoms with Gasteiger partial charge in [-0.1, -0.05) is 30.3 Å². The Morgan fingerprint density at radius 3 is 2.77 bits per heavy atom. The SMILES string of the molecule is COCCN1CC2CN(Cc3csc(C)n3)CCC2(c2ccccc2)C1. The molecule has 2 aliphatic heterocycles. The van der Waals surface area contributed by atoms with Crippen LogP contribution in [0.15, 0.2) is 35.7 Å². The first-order chi connectivity index (χ1) is 12.7. The quantitative estimate of drug-likeness (QED) is 0.780. The highest BCUT2D eigenvalue weighted by Gasteiger charge is 2.50. The van der Waals surface area contributed by atoms with Crippen LogP contribution in [0.25, 0.3) is 0 Å². The molecule has 0 amide bonds. The van der Waals surface area contributed by atoms with Crippen LogP contribution in [0.4, 0.5) is 0 Å². The second-order valence-electron chi connectivity index (χ2n) is 7.79. The Bertz CT molecular complexity index is 719. The van der Waals surface area contributed by atoms with Crippen LogP contribution in [0.5, 0.6) is 0 Å². The Morgan fingerprint density at radius 2 is 2.04 bits per heavy atom. The number of aryl methyl sites for hydroxylation is 1. The van der Waals surface area contributed by atoms with Crippen LogP contribution in [0.2, 0.25) is 0 Å². The minimum atomic E-state index is 0.295. The van der Waals surface area contributed by atoms with Gasteiger partial charge in [0.2, 0.25) is 0 Å². The third kappa shape index (κ3) is 3.58. The van der Waals surface area contributed by atoms with Gasteiger partial charge in [0.05, 0.1) is 17.3 Å². The van der Waals surface area contributed by atoms with Crippen LogP contribution < -0.4 is 0 Å². The number of hydrogen-bond acceptors (Lipinski definition) is 5. The van der Waals surface area contributed by atoms with Gasteiger partial charge in [-0.25, -0.2) is 4.98 Å². The van der Waals surface area contributed by atoms with Crippen molar-refractivity contribution in [3.05, 3.63) is 52.0 Å². The lowest BCUT2D eigenvalue weighted by atomic mass is 9.68. The predicted molar refractivity (Wildman–Crippen MR) is 107 cm³/mol. The van der Waals surface area contributed by atoms with E-state index in [4.69, 9.17) is 4.74 Å². The number of thiazole rings is 1. The zero-order valence-corrected chi connectivity index (χ0v) is 16.7. The molecule has 2 fully saturated rings. The monoisotopic (exact) mass is 371 g/mol. The Hall–Kier alpha value is -1.27. The minimum Gasteiger partial charge on any atom is -0.383 e. The standard InChI is InChI=1S/C21H29N3OS/c1-17-22-20(15-26-17)14-23-9-8-21(18-6-4-3-5-7-18)16-24(10-11-25-2)13-19(21)12-23/h3-7,15,19H,8-14,16H2,1-2H3. The topological polar surface area (TPSA) is 28.6 Å². The fourth-order valence-electron chi connectivity index (χ4n) is 4.84. The van der Waals surface area contributed by atoms with Crippen molar-refractivity contribution < 1.29 is 4.74 Å². The summed E-state index contributed by atoms with van der Waals surface area (Å²) in [6.07, 6.45) is 1.23. The summed E-state index contributed by atoms with van der Waals surface area (Å²) in [6, 6.07) is 11.2. The Kier molecular flexibility index (Phi) is 5.41. The van der Waals surface area contributed by atoms with Gasteiger partial charge in [0.25, 0.3) is 0 Å². The molecule has 0 N–H and O–H groups in total. The van der Waals surface area contributed by atoms with Crippen molar-refractivity contribution in [1.29, 1.82) is 0 Å². The van der Waals surface area contributed by atoms with Crippen LogP contribution in [0.1, 0.15) is 22.7 Å². The molecule has 0 bridgehead atoms. The van der Waals surface area contributed by atoms with Crippen molar-refractivity contribution >= 4 is 11.3 Å². The van der Waals surface area contributed by atoms with Gasteiger partial charge in [-0.2, -0.15) is 0 Å². The number of fused-ring (bicyclic) bond motifs is 1. The lowest BCUT2D eigenvalue weighted by Crippen LogP contribution is -2.49. The summed E-state index contributed by atoms with van der Waals surface area (Å²) in [5.74, 6) is 0.676. The Morgan fingerprint density at radius 1 is 1.23 bits per heavy atom. The molecule has 1 aromatic heterocycles. The van der Waals surface area contributed by atoms with E-state index >= 15 is 0 Å². The van der Waals surface area contributed by atoms with Crippen molar-refractivity contribution in [2.75, 3.05) is 46.4 Å². The van der Waals surface area contributed by atoms with E-state index in [-0.39, 0.29) is 0 Å². The number of rotatable bonds is 6. The lowest BCUT2D eigenvalue weighted by Gasteiger charge is -2.44. The van der Waals surface area contributed by atoms with E-state index in [2.05, 4.69) is 57.4 Å². The second-order valence-corrected chi connectivity index (χ2v) is 8.85. The molecule has 2 atom stereocenters. The number of nitrogens with zero attached hydrogens (tertiary/aromatic N) is 3. The number of piperidine rings is 1. The van der Waals surface area contributed by atoms with Gasteiger partial charge < -0.3 is 4.74 Å². The van der Waals surface area contributed by atoms with Crippen LogP contribution in [-0.4, -0.2) is 61.2 Å². The van der Waals surface area contributed by atoms with Crippen LogP contribution in [0.3, 0.4) is 0 Å². The number of aromatic nitrogens is 1. The fourth-order valence-corrected chi connectivity index (χ4v) is 5.44. The van der Waals surface area contributed by atoms with Crippen molar-refractivity contribution in [2.24, 2.45) is 5.92 Å². The molecule has 0 saturated carbocycles. The lowest BCUT2D eigenvalue weighted by molar-refractivity contribution is 0.116. The highest BCUT2D eigenvalue weighted by Crippen LogP contribution is 2.45. The van der Waals surface area contributed by atoms with Crippen LogP contribution in [0, 0.1) is 12.8 Å². The zero-order chi connectivity index (χ0) is 18.0. The summed E-state index contributed by atoms with van der Waals surface area (Å²) < 4.78 is 5.34. The van der Waals surface area contributed by atoms with Crippen molar-refractivity contribution in [2.45, 2.75) is 25.3 Å². The molecule has 2 aliphatic rings. The average Bonchev–Trinajstić information content (AvgIpc) is 3.24. The smallest absolute Gasteiger partial charge is 0.0897 e. The Balaban J connectivity index is 1.52. The first-order valence-corrected chi connectivity index (χ1v) is 10.5. The van der Waals surface area contributed by atoms with E-state index < -0.39 is 0 Å². The van der Waals surface area contributed by atoms with Crippen LogP contribution >= 0.6 is 11.3 Å². The van der Waals surface area contributed by atoms with E-state index in [1.165, 1.54) is 29.2 Å². The van der Waals surface area contributed by atoms with Gasteiger partial charge in [0, 0.05) is 50.6 Å². The highest BCUT2D eigenvalue weighted by atomic mass is 32.1. The number of hydrogen-bond donors (Lipinski definition) is 0. The third-order valence-electron chi connectivity index (χ3n) is 6.13. The largest absolute Gasteiger partial charge is 0.383 e. The number of ether oxygens (including phenoxy) is 1. The Labute approximate surface area is 160 Å². The maximum absolute atomic E-state index is 5.34. The average molecular weight is 372 g/mol. The molecule has 5 heteroatoms. The first-order valence-electron chi connectivity index (χ1n) is 9.60. The fraction of sp³-hybridized carbons (Fsp3) is 0.571. The van der Waals surface area contributed by atoms with E-state index in [9.17, 15) is 0 Å². The molecule has 0 aliphatic carbocycles. The van der Waals surface area contributed by atoms with Gasteiger partial charge >= 0.3 is 0 Å². The number of likely N-dealkylation sites (tertiary alicyclic amines) is 2. The van der Waals surface area contributed by atoms with Crippen molar-refractivity contribution in [3.63, 3.8) is 0 Å². The summed E-state index contributed by atoms with van der Waals surface area (Å²) in [5.41, 5.74) is 3.05. The van der Waals surface area contributed by atoms with Gasteiger partial charge in [-0.05, 0) is 31.4 Å². The van der Waals surface area contributed by atoms with Crippen LogP contribution in [-0.2, 0) is 16.7 Å². The van der Waals surface area contributed by atoms with Crippen molar-refractivity contribution in [1.82, 2.24) is 14.8 Å². The molecule has 0 spiro atoms.